The van der Waals surface area contributed by atoms with Crippen molar-refractivity contribution in [1.82, 2.24) is 0 Å². The third-order valence-corrected chi connectivity index (χ3v) is 3.53. The summed E-state index contributed by atoms with van der Waals surface area (Å²) in [7, 11) is 0. The molecule has 0 aliphatic rings. The van der Waals surface area contributed by atoms with Gasteiger partial charge < -0.3 is 10.8 Å². The van der Waals surface area contributed by atoms with Crippen molar-refractivity contribution in [2.45, 2.75) is 19.6 Å². The molecule has 1 atom stereocenters. The average molecular weight is 306 g/mol. The van der Waals surface area contributed by atoms with E-state index in [-0.39, 0.29) is 0 Å². The fourth-order valence-electron chi connectivity index (χ4n) is 1.98. The maximum absolute atomic E-state index is 10.5. The smallest absolute Gasteiger partial charge is 0.104 e. The summed E-state index contributed by atoms with van der Waals surface area (Å²) in [6.45, 7) is 2.48. The molecule has 0 fully saturated rings. The zero-order chi connectivity index (χ0) is 13.1. The lowest BCUT2D eigenvalue weighted by atomic mass is 9.96. The summed E-state index contributed by atoms with van der Waals surface area (Å²) in [6.07, 6.45) is -0.617. The second-order valence-electron chi connectivity index (χ2n) is 4.35. The van der Waals surface area contributed by atoms with Crippen LogP contribution in [0.3, 0.4) is 0 Å². The van der Waals surface area contributed by atoms with Gasteiger partial charge >= 0.3 is 0 Å². The van der Waals surface area contributed by atoms with Crippen molar-refractivity contribution in [3.63, 3.8) is 0 Å². The van der Waals surface area contributed by atoms with Crippen molar-refractivity contribution < 1.29 is 5.11 Å². The summed E-state index contributed by atoms with van der Waals surface area (Å²) < 4.78 is 0.970. The molecule has 18 heavy (non-hydrogen) atoms. The molecule has 2 rings (SSSR count). The van der Waals surface area contributed by atoms with Crippen molar-refractivity contribution in [3.8, 4) is 0 Å². The van der Waals surface area contributed by atoms with E-state index in [1.54, 1.807) is 0 Å². The Balaban J connectivity index is 2.40. The molecular formula is C15H16BrNO. The van der Waals surface area contributed by atoms with Gasteiger partial charge in [0.1, 0.15) is 6.10 Å². The first kappa shape index (κ1) is 13.3. The Labute approximate surface area is 116 Å². The third kappa shape index (κ3) is 2.80. The molecule has 0 heterocycles. The zero-order valence-corrected chi connectivity index (χ0v) is 11.8. The lowest BCUT2D eigenvalue weighted by molar-refractivity contribution is 0.219. The highest BCUT2D eigenvalue weighted by molar-refractivity contribution is 9.10. The first-order valence-corrected chi connectivity index (χ1v) is 6.64. The number of benzene rings is 2. The molecule has 0 aliphatic carbocycles. The van der Waals surface area contributed by atoms with Crippen LogP contribution in [0, 0.1) is 6.92 Å². The van der Waals surface area contributed by atoms with Crippen molar-refractivity contribution >= 4 is 15.9 Å². The molecule has 0 aliphatic heterocycles. The number of hydrogen-bond donors (Lipinski definition) is 2. The molecule has 0 saturated carbocycles. The van der Waals surface area contributed by atoms with Crippen LogP contribution in [-0.2, 0) is 6.54 Å². The van der Waals surface area contributed by atoms with Crippen LogP contribution in [-0.4, -0.2) is 5.11 Å². The second-order valence-corrected chi connectivity index (χ2v) is 5.27. The SMILES string of the molecule is Cc1ccc(Br)cc1C(O)c1cccc(CN)c1. The molecule has 3 heteroatoms. The average Bonchev–Trinajstić information content (AvgIpc) is 2.41. The lowest BCUT2D eigenvalue weighted by Crippen LogP contribution is -2.04. The van der Waals surface area contributed by atoms with Crippen LogP contribution < -0.4 is 5.73 Å². The van der Waals surface area contributed by atoms with Crippen LogP contribution in [0.1, 0.15) is 28.4 Å². The fourth-order valence-corrected chi connectivity index (χ4v) is 2.35. The Morgan fingerprint density at radius 2 is 2.00 bits per heavy atom. The van der Waals surface area contributed by atoms with Gasteiger partial charge in [0, 0.05) is 11.0 Å². The van der Waals surface area contributed by atoms with Gasteiger partial charge in [0.2, 0.25) is 0 Å². The van der Waals surface area contributed by atoms with Crippen LogP contribution in [0.15, 0.2) is 46.9 Å². The standard InChI is InChI=1S/C15H16BrNO/c1-10-5-6-13(16)8-14(10)15(18)12-4-2-3-11(7-12)9-17/h2-8,15,18H,9,17H2,1H3. The predicted octanol–water partition coefficient (Wildman–Crippen LogP) is 3.30. The first-order valence-electron chi connectivity index (χ1n) is 5.85. The summed E-state index contributed by atoms with van der Waals surface area (Å²) in [4.78, 5) is 0. The monoisotopic (exact) mass is 305 g/mol. The summed E-state index contributed by atoms with van der Waals surface area (Å²) >= 11 is 3.43. The van der Waals surface area contributed by atoms with E-state index in [2.05, 4.69) is 15.9 Å². The van der Waals surface area contributed by atoms with Gasteiger partial charge in [0.25, 0.3) is 0 Å². The van der Waals surface area contributed by atoms with Crippen LogP contribution in [0.4, 0.5) is 0 Å². The molecule has 0 radical (unpaired) electrons. The highest BCUT2D eigenvalue weighted by Gasteiger charge is 2.13. The maximum atomic E-state index is 10.5. The number of aliphatic hydroxyl groups excluding tert-OH is 1. The summed E-state index contributed by atoms with van der Waals surface area (Å²) in [5, 5.41) is 10.5. The molecular weight excluding hydrogens is 290 g/mol. The number of halogens is 1. The van der Waals surface area contributed by atoms with E-state index < -0.39 is 6.10 Å². The van der Waals surface area contributed by atoms with Gasteiger partial charge in [-0.1, -0.05) is 46.3 Å². The number of aliphatic hydroxyl groups is 1. The van der Waals surface area contributed by atoms with Crippen molar-refractivity contribution in [3.05, 3.63) is 69.2 Å². The normalized spacial score (nSPS) is 12.4. The highest BCUT2D eigenvalue weighted by Crippen LogP contribution is 2.27. The van der Waals surface area contributed by atoms with Crippen LogP contribution in [0.5, 0.6) is 0 Å². The molecule has 0 spiro atoms. The van der Waals surface area contributed by atoms with Crippen molar-refractivity contribution in [1.29, 1.82) is 0 Å². The molecule has 2 aromatic carbocycles. The van der Waals surface area contributed by atoms with E-state index in [0.717, 1.165) is 26.7 Å². The van der Waals surface area contributed by atoms with E-state index in [1.165, 1.54) is 0 Å². The quantitative estimate of drug-likeness (QED) is 0.914. The minimum absolute atomic E-state index is 0.484. The minimum atomic E-state index is -0.617. The van der Waals surface area contributed by atoms with Crippen LogP contribution >= 0.6 is 15.9 Å². The van der Waals surface area contributed by atoms with E-state index in [4.69, 9.17) is 5.73 Å². The Morgan fingerprint density at radius 3 is 2.72 bits per heavy atom. The Bertz CT molecular complexity index is 554. The van der Waals surface area contributed by atoms with Gasteiger partial charge in [-0.3, -0.25) is 0 Å². The Kier molecular flexibility index (Phi) is 4.17. The molecule has 2 nitrogen and oxygen atoms in total. The predicted molar refractivity (Wildman–Crippen MR) is 77.3 cm³/mol. The number of rotatable bonds is 3. The second kappa shape index (κ2) is 5.65. The zero-order valence-electron chi connectivity index (χ0n) is 10.2. The topological polar surface area (TPSA) is 46.2 Å². The maximum Gasteiger partial charge on any atom is 0.104 e. The highest BCUT2D eigenvalue weighted by atomic mass is 79.9. The minimum Gasteiger partial charge on any atom is -0.384 e. The molecule has 3 N–H and O–H groups in total. The summed E-state index contributed by atoms with van der Waals surface area (Å²) in [6, 6.07) is 13.7. The van der Waals surface area contributed by atoms with Gasteiger partial charge in [-0.25, -0.2) is 0 Å². The number of hydrogen-bond acceptors (Lipinski definition) is 2. The van der Waals surface area contributed by atoms with Gasteiger partial charge in [-0.15, -0.1) is 0 Å². The van der Waals surface area contributed by atoms with Crippen LogP contribution in [0.2, 0.25) is 0 Å². The van der Waals surface area contributed by atoms with Gasteiger partial charge in [-0.2, -0.15) is 0 Å². The Hall–Kier alpha value is -1.16. The van der Waals surface area contributed by atoms with Crippen LogP contribution in [0.25, 0.3) is 0 Å². The van der Waals surface area contributed by atoms with E-state index >= 15 is 0 Å². The molecule has 1 unspecified atom stereocenters. The molecule has 0 bridgehead atoms. The van der Waals surface area contributed by atoms with E-state index in [1.807, 2.05) is 49.4 Å². The fraction of sp³-hybridized carbons (Fsp3) is 0.200. The van der Waals surface area contributed by atoms with Gasteiger partial charge in [-0.05, 0) is 41.3 Å². The van der Waals surface area contributed by atoms with Crippen molar-refractivity contribution in [2.75, 3.05) is 0 Å². The third-order valence-electron chi connectivity index (χ3n) is 3.04. The molecule has 2 aromatic rings. The first-order chi connectivity index (χ1) is 8.61. The summed E-state index contributed by atoms with van der Waals surface area (Å²) in [5.74, 6) is 0. The lowest BCUT2D eigenvalue weighted by Gasteiger charge is -2.15. The molecule has 0 amide bonds. The molecule has 0 aromatic heterocycles. The van der Waals surface area contributed by atoms with E-state index in [0.29, 0.717) is 6.54 Å². The van der Waals surface area contributed by atoms with Crippen molar-refractivity contribution in [2.24, 2.45) is 5.73 Å². The Morgan fingerprint density at radius 1 is 1.22 bits per heavy atom. The van der Waals surface area contributed by atoms with Gasteiger partial charge in [0.05, 0.1) is 0 Å². The molecule has 94 valence electrons. The number of aryl methyl sites for hydroxylation is 1. The molecule has 0 saturated heterocycles. The number of nitrogens with two attached hydrogens (primary N) is 1. The largest absolute Gasteiger partial charge is 0.384 e. The van der Waals surface area contributed by atoms with Gasteiger partial charge in [0.15, 0.2) is 0 Å². The van der Waals surface area contributed by atoms with E-state index in [9.17, 15) is 5.11 Å². The summed E-state index contributed by atoms with van der Waals surface area (Å²) in [5.41, 5.74) is 9.51.